The van der Waals surface area contributed by atoms with Crippen LogP contribution in [-0.2, 0) is 20.8 Å². The third kappa shape index (κ3) is 6.11. The summed E-state index contributed by atoms with van der Waals surface area (Å²) in [7, 11) is 0. The maximum absolute atomic E-state index is 13.0. The van der Waals surface area contributed by atoms with Gasteiger partial charge in [-0.15, -0.1) is 0 Å². The van der Waals surface area contributed by atoms with Crippen molar-refractivity contribution in [1.29, 1.82) is 0 Å². The van der Waals surface area contributed by atoms with Crippen molar-refractivity contribution in [2.45, 2.75) is 32.2 Å². The molecule has 0 aliphatic rings. The highest BCUT2D eigenvalue weighted by Crippen LogP contribution is 2.09. The van der Waals surface area contributed by atoms with Crippen LogP contribution in [0.5, 0.6) is 0 Å². The van der Waals surface area contributed by atoms with Crippen molar-refractivity contribution in [3.8, 4) is 0 Å². The molecule has 1 atom stereocenters. The van der Waals surface area contributed by atoms with Gasteiger partial charge in [0.2, 0.25) is 5.91 Å². The Balaban J connectivity index is 2.65. The monoisotopic (exact) mass is 299 g/mol. The number of carbonyl (C=O) groups is 3. The van der Waals surface area contributed by atoms with E-state index in [0.717, 1.165) is 12.1 Å². The van der Waals surface area contributed by atoms with Gasteiger partial charge in [-0.05, 0) is 31.0 Å². The Kier molecular flexibility index (Phi) is 5.95. The lowest BCUT2D eigenvalue weighted by molar-refractivity contribution is -0.142. The smallest absolute Gasteiger partial charge is 0.326 e. The molecule has 0 heterocycles. The molecule has 0 saturated carbocycles. The molecule has 0 aromatic heterocycles. The summed E-state index contributed by atoms with van der Waals surface area (Å²) in [5.41, 5.74) is 0.0979. The average molecular weight is 299 g/mol. The normalized spacial score (nSPS) is 11.8. The summed E-state index contributed by atoms with van der Waals surface area (Å²) >= 11 is 0. The first kappa shape index (κ1) is 16.7. The fraction of sp³-hybridized carbons (Fsp3) is 0.357. The molecule has 7 heteroatoms. The zero-order valence-corrected chi connectivity index (χ0v) is 11.4. The molecular weight excluding hydrogens is 284 g/mol. The van der Waals surface area contributed by atoms with Gasteiger partial charge in [0, 0.05) is 12.5 Å². The highest BCUT2D eigenvalue weighted by atomic mass is 19.1. The summed E-state index contributed by atoms with van der Waals surface area (Å²) in [4.78, 5) is 33.5. The SMILES string of the molecule is CC(=O)CC[C@H](NC(=O)Cc1cc(F)cc(F)c1)C(=O)O. The van der Waals surface area contributed by atoms with Crippen LogP contribution in [0.1, 0.15) is 25.3 Å². The lowest BCUT2D eigenvalue weighted by atomic mass is 10.1. The third-order valence-corrected chi connectivity index (χ3v) is 2.71. The van der Waals surface area contributed by atoms with Crippen molar-refractivity contribution in [1.82, 2.24) is 5.32 Å². The van der Waals surface area contributed by atoms with Crippen molar-refractivity contribution >= 4 is 17.7 Å². The summed E-state index contributed by atoms with van der Waals surface area (Å²) in [6.07, 6.45) is -0.363. The molecule has 2 N–H and O–H groups in total. The number of amides is 1. The first-order chi connectivity index (χ1) is 9.77. The van der Waals surface area contributed by atoms with E-state index in [1.165, 1.54) is 6.92 Å². The van der Waals surface area contributed by atoms with Gasteiger partial charge in [-0.3, -0.25) is 4.79 Å². The second-order valence-corrected chi connectivity index (χ2v) is 4.65. The van der Waals surface area contributed by atoms with Gasteiger partial charge in [-0.25, -0.2) is 13.6 Å². The van der Waals surface area contributed by atoms with Crippen molar-refractivity contribution in [2.24, 2.45) is 0 Å². The molecule has 5 nitrogen and oxygen atoms in total. The Bertz CT molecular complexity index is 540. The van der Waals surface area contributed by atoms with Crippen LogP contribution in [0.25, 0.3) is 0 Å². The van der Waals surface area contributed by atoms with E-state index in [1.807, 2.05) is 0 Å². The van der Waals surface area contributed by atoms with Crippen molar-refractivity contribution in [3.63, 3.8) is 0 Å². The largest absolute Gasteiger partial charge is 0.480 e. The van der Waals surface area contributed by atoms with E-state index in [-0.39, 0.29) is 30.6 Å². The number of halogens is 2. The van der Waals surface area contributed by atoms with Gasteiger partial charge >= 0.3 is 5.97 Å². The molecule has 0 aliphatic carbocycles. The quantitative estimate of drug-likeness (QED) is 0.798. The van der Waals surface area contributed by atoms with Crippen LogP contribution in [0.2, 0.25) is 0 Å². The first-order valence-electron chi connectivity index (χ1n) is 6.24. The Morgan fingerprint density at radius 2 is 1.76 bits per heavy atom. The van der Waals surface area contributed by atoms with E-state index in [9.17, 15) is 23.2 Å². The van der Waals surface area contributed by atoms with Crippen molar-refractivity contribution in [2.75, 3.05) is 0 Å². The van der Waals surface area contributed by atoms with E-state index < -0.39 is 29.6 Å². The zero-order chi connectivity index (χ0) is 16.0. The van der Waals surface area contributed by atoms with Crippen LogP contribution >= 0.6 is 0 Å². The Morgan fingerprint density at radius 1 is 1.19 bits per heavy atom. The Hall–Kier alpha value is -2.31. The molecule has 1 rings (SSSR count). The van der Waals surface area contributed by atoms with Crippen molar-refractivity contribution < 1.29 is 28.3 Å². The number of carbonyl (C=O) groups excluding carboxylic acids is 2. The number of hydrogen-bond donors (Lipinski definition) is 2. The number of carboxylic acid groups (broad SMARTS) is 1. The molecular formula is C14H15F2NO4. The number of carboxylic acids is 1. The minimum absolute atomic E-state index is 0.0197. The molecule has 0 aliphatic heterocycles. The van der Waals surface area contributed by atoms with Gasteiger partial charge in [0.25, 0.3) is 0 Å². The van der Waals surface area contributed by atoms with Gasteiger partial charge in [-0.2, -0.15) is 0 Å². The van der Waals surface area contributed by atoms with E-state index in [4.69, 9.17) is 5.11 Å². The second-order valence-electron chi connectivity index (χ2n) is 4.65. The lowest BCUT2D eigenvalue weighted by Crippen LogP contribution is -2.41. The second kappa shape index (κ2) is 7.47. The fourth-order valence-electron chi connectivity index (χ4n) is 1.75. The predicted molar refractivity (Wildman–Crippen MR) is 69.5 cm³/mol. The maximum atomic E-state index is 13.0. The van der Waals surface area contributed by atoms with Gasteiger partial charge in [0.15, 0.2) is 0 Å². The summed E-state index contributed by atoms with van der Waals surface area (Å²) < 4.78 is 26.0. The number of ketones is 1. The molecule has 0 saturated heterocycles. The van der Waals surface area contributed by atoms with E-state index in [1.54, 1.807) is 0 Å². The number of benzene rings is 1. The highest BCUT2D eigenvalue weighted by molar-refractivity contribution is 5.85. The molecule has 0 radical (unpaired) electrons. The molecule has 1 amide bonds. The minimum Gasteiger partial charge on any atom is -0.480 e. The number of nitrogens with one attached hydrogen (secondary N) is 1. The summed E-state index contributed by atoms with van der Waals surface area (Å²) in [6.45, 7) is 1.32. The van der Waals surface area contributed by atoms with Gasteiger partial charge < -0.3 is 15.2 Å². The number of aliphatic carboxylic acids is 1. The zero-order valence-electron chi connectivity index (χ0n) is 11.4. The molecule has 0 fully saturated rings. The summed E-state index contributed by atoms with van der Waals surface area (Å²) in [6, 6.07) is 1.45. The van der Waals surface area contributed by atoms with Gasteiger partial charge in [-0.1, -0.05) is 0 Å². The van der Waals surface area contributed by atoms with Crippen LogP contribution in [0.15, 0.2) is 18.2 Å². The molecule has 114 valence electrons. The molecule has 1 aromatic carbocycles. The predicted octanol–water partition coefficient (Wildman–Crippen LogP) is 1.45. The Morgan fingerprint density at radius 3 is 2.24 bits per heavy atom. The molecule has 21 heavy (non-hydrogen) atoms. The van der Waals surface area contributed by atoms with E-state index in [2.05, 4.69) is 5.32 Å². The standard InChI is InChI=1S/C14H15F2NO4/c1-8(18)2-3-12(14(20)21)17-13(19)6-9-4-10(15)7-11(16)5-9/h4-5,7,12H,2-3,6H2,1H3,(H,17,19)(H,20,21)/t12-/m0/s1. The molecule has 0 spiro atoms. The number of Topliss-reactive ketones (excluding diaryl/α,β-unsaturated/α-hetero) is 1. The molecule has 1 aromatic rings. The van der Waals surface area contributed by atoms with Crippen LogP contribution < -0.4 is 5.32 Å². The lowest BCUT2D eigenvalue weighted by Gasteiger charge is -2.13. The summed E-state index contributed by atoms with van der Waals surface area (Å²) in [5, 5.41) is 11.2. The summed E-state index contributed by atoms with van der Waals surface area (Å²) in [5.74, 6) is -3.78. The van der Waals surface area contributed by atoms with Crippen molar-refractivity contribution in [3.05, 3.63) is 35.4 Å². The topological polar surface area (TPSA) is 83.5 Å². The van der Waals surface area contributed by atoms with E-state index in [0.29, 0.717) is 6.07 Å². The van der Waals surface area contributed by atoms with Crippen LogP contribution in [-0.4, -0.2) is 28.8 Å². The number of hydrogen-bond acceptors (Lipinski definition) is 3. The fourth-order valence-corrected chi connectivity index (χ4v) is 1.75. The molecule has 0 bridgehead atoms. The van der Waals surface area contributed by atoms with Crippen LogP contribution in [0, 0.1) is 11.6 Å². The highest BCUT2D eigenvalue weighted by Gasteiger charge is 2.20. The van der Waals surface area contributed by atoms with Gasteiger partial charge in [0.1, 0.15) is 23.5 Å². The first-order valence-corrected chi connectivity index (χ1v) is 6.24. The number of rotatable bonds is 7. The third-order valence-electron chi connectivity index (χ3n) is 2.71. The minimum atomic E-state index is -1.27. The van der Waals surface area contributed by atoms with Gasteiger partial charge in [0.05, 0.1) is 6.42 Å². The average Bonchev–Trinajstić information content (AvgIpc) is 2.32. The Labute approximate surface area is 120 Å². The van der Waals surface area contributed by atoms with E-state index >= 15 is 0 Å². The van der Waals surface area contributed by atoms with Crippen LogP contribution in [0.3, 0.4) is 0 Å². The molecule has 0 unspecified atom stereocenters. The maximum Gasteiger partial charge on any atom is 0.326 e. The van der Waals surface area contributed by atoms with Crippen LogP contribution in [0.4, 0.5) is 8.78 Å².